The van der Waals surface area contributed by atoms with E-state index in [1.807, 2.05) is 0 Å². The number of hydrogen-bond acceptors (Lipinski definition) is 5. The number of aromatic nitrogens is 2. The number of hydrogen-bond donors (Lipinski definition) is 2. The monoisotopic (exact) mass is 171 g/mol. The number of aliphatic carboxylic acids is 1. The average molecular weight is 171 g/mol. The SMILES string of the molecule is C[C@H](NCc1ncon1)C(=O)O. The standard InChI is InChI=1S/C6H9N3O3/c1-4(6(10)11)7-2-5-8-3-12-9-5/h3-4,7H,2H2,1H3,(H,10,11)/t4-/m0/s1. The first-order valence-corrected chi connectivity index (χ1v) is 3.41. The highest BCUT2D eigenvalue weighted by Gasteiger charge is 2.10. The summed E-state index contributed by atoms with van der Waals surface area (Å²) < 4.78 is 4.46. The third kappa shape index (κ3) is 2.31. The molecule has 0 aromatic carbocycles. The second-order valence-corrected chi connectivity index (χ2v) is 2.29. The van der Waals surface area contributed by atoms with E-state index in [4.69, 9.17) is 5.11 Å². The minimum absolute atomic E-state index is 0.296. The fourth-order valence-corrected chi connectivity index (χ4v) is 0.602. The summed E-state index contributed by atoms with van der Waals surface area (Å²) in [4.78, 5) is 14.0. The van der Waals surface area contributed by atoms with Crippen molar-refractivity contribution in [2.24, 2.45) is 0 Å². The Bertz CT molecular complexity index is 247. The van der Waals surface area contributed by atoms with Crippen molar-refractivity contribution in [2.75, 3.05) is 0 Å². The van der Waals surface area contributed by atoms with Crippen LogP contribution in [0.5, 0.6) is 0 Å². The van der Waals surface area contributed by atoms with E-state index in [9.17, 15) is 4.79 Å². The Morgan fingerprint density at radius 3 is 3.17 bits per heavy atom. The van der Waals surface area contributed by atoms with Gasteiger partial charge >= 0.3 is 5.97 Å². The van der Waals surface area contributed by atoms with E-state index in [2.05, 4.69) is 20.0 Å². The summed E-state index contributed by atoms with van der Waals surface area (Å²) in [7, 11) is 0. The average Bonchev–Trinajstić information content (AvgIpc) is 2.51. The maximum atomic E-state index is 10.3. The van der Waals surface area contributed by atoms with Crippen LogP contribution in [0.25, 0.3) is 0 Å². The predicted molar refractivity (Wildman–Crippen MR) is 38.2 cm³/mol. The lowest BCUT2D eigenvalue weighted by Gasteiger charge is -2.05. The van der Waals surface area contributed by atoms with E-state index in [1.165, 1.54) is 6.39 Å². The van der Waals surface area contributed by atoms with Crippen molar-refractivity contribution in [3.8, 4) is 0 Å². The largest absolute Gasteiger partial charge is 0.480 e. The normalized spacial score (nSPS) is 12.8. The Morgan fingerprint density at radius 1 is 1.92 bits per heavy atom. The fraction of sp³-hybridized carbons (Fsp3) is 0.500. The van der Waals surface area contributed by atoms with Crippen LogP contribution < -0.4 is 5.32 Å². The van der Waals surface area contributed by atoms with E-state index in [-0.39, 0.29) is 0 Å². The first-order chi connectivity index (χ1) is 5.70. The van der Waals surface area contributed by atoms with Crippen LogP contribution in [0, 0.1) is 0 Å². The summed E-state index contributed by atoms with van der Waals surface area (Å²) in [6, 6.07) is -0.608. The Hall–Kier alpha value is -1.43. The molecule has 0 saturated heterocycles. The van der Waals surface area contributed by atoms with Crippen molar-refractivity contribution in [3.63, 3.8) is 0 Å². The number of carboxylic acid groups (broad SMARTS) is 1. The van der Waals surface area contributed by atoms with Gasteiger partial charge in [-0.1, -0.05) is 5.16 Å². The van der Waals surface area contributed by atoms with Crippen LogP contribution in [0.15, 0.2) is 10.9 Å². The smallest absolute Gasteiger partial charge is 0.320 e. The van der Waals surface area contributed by atoms with Gasteiger partial charge in [-0.05, 0) is 6.92 Å². The molecule has 6 heteroatoms. The van der Waals surface area contributed by atoms with Crippen LogP contribution in [0.2, 0.25) is 0 Å². The number of nitrogens with one attached hydrogen (secondary N) is 1. The minimum atomic E-state index is -0.904. The molecule has 0 fully saturated rings. The van der Waals surface area contributed by atoms with E-state index >= 15 is 0 Å². The van der Waals surface area contributed by atoms with Crippen molar-refractivity contribution in [3.05, 3.63) is 12.2 Å². The molecule has 1 aromatic heterocycles. The van der Waals surface area contributed by atoms with Crippen LogP contribution >= 0.6 is 0 Å². The molecule has 0 aliphatic carbocycles. The van der Waals surface area contributed by atoms with Crippen molar-refractivity contribution in [2.45, 2.75) is 19.5 Å². The van der Waals surface area contributed by atoms with Crippen LogP contribution in [-0.4, -0.2) is 27.3 Å². The van der Waals surface area contributed by atoms with Gasteiger partial charge in [0.05, 0.1) is 6.54 Å². The summed E-state index contributed by atoms with van der Waals surface area (Å²) in [5.74, 6) is -0.457. The van der Waals surface area contributed by atoms with Crippen LogP contribution in [0.4, 0.5) is 0 Å². The third-order valence-electron chi connectivity index (χ3n) is 1.34. The van der Waals surface area contributed by atoms with Gasteiger partial charge in [0.1, 0.15) is 6.04 Å². The Balaban J connectivity index is 2.31. The molecular weight excluding hydrogens is 162 g/mol. The van der Waals surface area contributed by atoms with Crippen molar-refractivity contribution < 1.29 is 14.4 Å². The summed E-state index contributed by atoms with van der Waals surface area (Å²) in [5, 5.41) is 14.7. The zero-order chi connectivity index (χ0) is 8.97. The molecule has 0 unspecified atom stereocenters. The predicted octanol–water partition coefficient (Wildman–Crippen LogP) is -0.368. The van der Waals surface area contributed by atoms with Gasteiger partial charge < -0.3 is 9.63 Å². The first-order valence-electron chi connectivity index (χ1n) is 3.41. The van der Waals surface area contributed by atoms with Gasteiger partial charge in [0.2, 0.25) is 6.39 Å². The molecule has 0 saturated carbocycles. The molecule has 2 N–H and O–H groups in total. The topological polar surface area (TPSA) is 88.3 Å². The molecule has 0 amide bonds. The second kappa shape index (κ2) is 3.82. The molecule has 1 rings (SSSR count). The Morgan fingerprint density at radius 2 is 2.67 bits per heavy atom. The molecule has 1 atom stereocenters. The van der Waals surface area contributed by atoms with Crippen molar-refractivity contribution in [1.82, 2.24) is 15.5 Å². The molecule has 0 aliphatic heterocycles. The molecule has 12 heavy (non-hydrogen) atoms. The van der Waals surface area contributed by atoms with E-state index in [1.54, 1.807) is 6.92 Å². The van der Waals surface area contributed by atoms with E-state index < -0.39 is 12.0 Å². The Labute approximate surface area is 68.6 Å². The minimum Gasteiger partial charge on any atom is -0.480 e. The Kier molecular flexibility index (Phi) is 2.76. The lowest BCUT2D eigenvalue weighted by Crippen LogP contribution is -2.33. The van der Waals surface area contributed by atoms with Gasteiger partial charge in [-0.25, -0.2) is 0 Å². The molecule has 0 spiro atoms. The molecule has 0 bridgehead atoms. The zero-order valence-electron chi connectivity index (χ0n) is 6.52. The summed E-state index contributed by atoms with van der Waals surface area (Å²) in [6.45, 7) is 1.84. The highest BCUT2D eigenvalue weighted by molar-refractivity contribution is 5.72. The quantitative estimate of drug-likeness (QED) is 0.642. The summed E-state index contributed by atoms with van der Waals surface area (Å²) in [6.07, 6.45) is 1.20. The van der Waals surface area contributed by atoms with Gasteiger partial charge in [-0.2, -0.15) is 4.98 Å². The zero-order valence-corrected chi connectivity index (χ0v) is 6.52. The van der Waals surface area contributed by atoms with Crippen LogP contribution in [0.1, 0.15) is 12.7 Å². The van der Waals surface area contributed by atoms with E-state index in [0.29, 0.717) is 12.4 Å². The summed E-state index contributed by atoms with van der Waals surface area (Å²) >= 11 is 0. The number of nitrogens with zero attached hydrogens (tertiary/aromatic N) is 2. The molecule has 0 aliphatic rings. The van der Waals surface area contributed by atoms with Crippen molar-refractivity contribution >= 4 is 5.97 Å². The van der Waals surface area contributed by atoms with Gasteiger partial charge in [0, 0.05) is 0 Å². The fourth-order valence-electron chi connectivity index (χ4n) is 0.602. The van der Waals surface area contributed by atoms with Gasteiger partial charge in [0.25, 0.3) is 0 Å². The number of carbonyl (C=O) groups is 1. The maximum Gasteiger partial charge on any atom is 0.320 e. The lowest BCUT2D eigenvalue weighted by molar-refractivity contribution is -0.139. The lowest BCUT2D eigenvalue weighted by atomic mass is 10.3. The second-order valence-electron chi connectivity index (χ2n) is 2.29. The van der Waals surface area contributed by atoms with Gasteiger partial charge in [0.15, 0.2) is 5.82 Å². The van der Waals surface area contributed by atoms with Gasteiger partial charge in [-0.15, -0.1) is 0 Å². The number of carboxylic acids is 1. The molecule has 0 radical (unpaired) electrons. The van der Waals surface area contributed by atoms with E-state index in [0.717, 1.165) is 0 Å². The summed E-state index contributed by atoms with van der Waals surface area (Å²) in [5.41, 5.74) is 0. The molecule has 1 aromatic rings. The first kappa shape index (κ1) is 8.66. The van der Waals surface area contributed by atoms with Crippen LogP contribution in [-0.2, 0) is 11.3 Å². The van der Waals surface area contributed by atoms with Crippen molar-refractivity contribution in [1.29, 1.82) is 0 Å². The maximum absolute atomic E-state index is 10.3. The highest BCUT2D eigenvalue weighted by atomic mass is 16.5. The number of rotatable bonds is 4. The van der Waals surface area contributed by atoms with Gasteiger partial charge in [-0.3, -0.25) is 10.1 Å². The van der Waals surface area contributed by atoms with Crippen LogP contribution in [0.3, 0.4) is 0 Å². The third-order valence-corrected chi connectivity index (χ3v) is 1.34. The molecular formula is C6H9N3O3. The highest BCUT2D eigenvalue weighted by Crippen LogP contribution is 1.89. The molecule has 6 nitrogen and oxygen atoms in total. The molecule has 66 valence electrons. The molecule has 1 heterocycles.